The fourth-order valence-corrected chi connectivity index (χ4v) is 3.91. The van der Waals surface area contributed by atoms with Crippen LogP contribution in [0.3, 0.4) is 0 Å². The summed E-state index contributed by atoms with van der Waals surface area (Å²) in [5.74, 6) is 1.60. The second-order valence-electron chi connectivity index (χ2n) is 7.57. The Bertz CT molecular complexity index is 687. The van der Waals surface area contributed by atoms with E-state index in [1.807, 2.05) is 0 Å². The first-order chi connectivity index (χ1) is 11.7. The Labute approximate surface area is 158 Å². The SMILES string of the molecule is CC(C)CSc1nnc(NC(=O)CCc2ccc(C(C)(C)C)cc2)s1. The molecule has 0 fully saturated rings. The van der Waals surface area contributed by atoms with Crippen molar-refractivity contribution in [3.05, 3.63) is 35.4 Å². The average Bonchev–Trinajstić information content (AvgIpc) is 2.98. The summed E-state index contributed by atoms with van der Waals surface area (Å²) in [7, 11) is 0. The smallest absolute Gasteiger partial charge is 0.226 e. The van der Waals surface area contributed by atoms with Crippen molar-refractivity contribution in [2.24, 2.45) is 5.92 Å². The second-order valence-corrected chi connectivity index (χ2v) is 9.82. The van der Waals surface area contributed by atoms with E-state index in [4.69, 9.17) is 0 Å². The number of aryl methyl sites for hydroxylation is 1. The Morgan fingerprint density at radius 2 is 1.88 bits per heavy atom. The maximum atomic E-state index is 12.1. The first kappa shape index (κ1) is 19.9. The number of hydrogen-bond donors (Lipinski definition) is 1. The molecule has 0 aliphatic carbocycles. The molecule has 0 spiro atoms. The highest BCUT2D eigenvalue weighted by molar-refractivity contribution is 8.01. The molecule has 0 aliphatic heterocycles. The van der Waals surface area contributed by atoms with E-state index in [2.05, 4.69) is 74.4 Å². The van der Waals surface area contributed by atoms with Crippen LogP contribution in [0.5, 0.6) is 0 Å². The molecule has 0 saturated carbocycles. The first-order valence-corrected chi connectivity index (χ1v) is 10.4. The Hall–Kier alpha value is -1.40. The zero-order valence-electron chi connectivity index (χ0n) is 15.6. The summed E-state index contributed by atoms with van der Waals surface area (Å²) in [6.07, 6.45) is 1.17. The Morgan fingerprint density at radius 1 is 1.20 bits per heavy atom. The van der Waals surface area contributed by atoms with Gasteiger partial charge in [-0.3, -0.25) is 4.79 Å². The number of benzene rings is 1. The van der Waals surface area contributed by atoms with Crippen molar-refractivity contribution < 1.29 is 4.79 Å². The third-order valence-corrected chi connectivity index (χ3v) is 6.05. The molecule has 1 amide bonds. The summed E-state index contributed by atoms with van der Waals surface area (Å²) in [6.45, 7) is 10.9. The van der Waals surface area contributed by atoms with Gasteiger partial charge >= 0.3 is 0 Å². The molecule has 0 unspecified atom stereocenters. The lowest BCUT2D eigenvalue weighted by Gasteiger charge is -2.19. The number of amides is 1. The van der Waals surface area contributed by atoms with Gasteiger partial charge in [0.1, 0.15) is 0 Å². The van der Waals surface area contributed by atoms with Crippen molar-refractivity contribution in [3.63, 3.8) is 0 Å². The maximum absolute atomic E-state index is 12.1. The molecule has 1 heterocycles. The molecule has 2 aromatic rings. The molecule has 1 N–H and O–H groups in total. The number of aromatic nitrogens is 2. The number of nitrogens with one attached hydrogen (secondary N) is 1. The third kappa shape index (κ3) is 6.78. The number of hydrogen-bond acceptors (Lipinski definition) is 5. The van der Waals surface area contributed by atoms with Crippen LogP contribution in [-0.4, -0.2) is 21.9 Å². The zero-order chi connectivity index (χ0) is 18.4. The molecule has 4 nitrogen and oxygen atoms in total. The van der Waals surface area contributed by atoms with Crippen LogP contribution in [0.2, 0.25) is 0 Å². The van der Waals surface area contributed by atoms with Gasteiger partial charge in [-0.1, -0.05) is 82.0 Å². The second kappa shape index (κ2) is 8.81. The predicted octanol–water partition coefficient (Wildman–Crippen LogP) is 5.16. The van der Waals surface area contributed by atoms with Gasteiger partial charge in [0.15, 0.2) is 4.34 Å². The van der Waals surface area contributed by atoms with E-state index in [0.29, 0.717) is 17.5 Å². The minimum atomic E-state index is -0.0172. The summed E-state index contributed by atoms with van der Waals surface area (Å²) in [5, 5.41) is 11.6. The van der Waals surface area contributed by atoms with Crippen molar-refractivity contribution in [3.8, 4) is 0 Å². The van der Waals surface area contributed by atoms with Crippen molar-refractivity contribution in [2.75, 3.05) is 11.1 Å². The largest absolute Gasteiger partial charge is 0.300 e. The molecule has 25 heavy (non-hydrogen) atoms. The average molecular weight is 378 g/mol. The number of anilines is 1. The van der Waals surface area contributed by atoms with Crippen LogP contribution in [0.1, 0.15) is 52.2 Å². The van der Waals surface area contributed by atoms with E-state index in [1.165, 1.54) is 22.5 Å². The summed E-state index contributed by atoms with van der Waals surface area (Å²) >= 11 is 3.12. The van der Waals surface area contributed by atoms with Gasteiger partial charge in [0.25, 0.3) is 0 Å². The summed E-state index contributed by atoms with van der Waals surface area (Å²) in [5.41, 5.74) is 2.63. The van der Waals surface area contributed by atoms with Crippen molar-refractivity contribution in [1.29, 1.82) is 0 Å². The van der Waals surface area contributed by atoms with E-state index in [9.17, 15) is 4.79 Å². The molecular formula is C19H27N3OS2. The van der Waals surface area contributed by atoms with Crippen LogP contribution >= 0.6 is 23.1 Å². The van der Waals surface area contributed by atoms with E-state index in [1.54, 1.807) is 11.8 Å². The van der Waals surface area contributed by atoms with E-state index >= 15 is 0 Å². The van der Waals surface area contributed by atoms with Gasteiger partial charge < -0.3 is 5.32 Å². The van der Waals surface area contributed by atoms with Gasteiger partial charge in [-0.25, -0.2) is 0 Å². The first-order valence-electron chi connectivity index (χ1n) is 8.59. The highest BCUT2D eigenvalue weighted by Crippen LogP contribution is 2.27. The Balaban J connectivity index is 1.80. The zero-order valence-corrected chi connectivity index (χ0v) is 17.3. The van der Waals surface area contributed by atoms with Crippen LogP contribution in [0.15, 0.2) is 28.6 Å². The van der Waals surface area contributed by atoms with Crippen LogP contribution in [0.4, 0.5) is 5.13 Å². The monoisotopic (exact) mass is 377 g/mol. The fraction of sp³-hybridized carbons (Fsp3) is 0.526. The minimum absolute atomic E-state index is 0.0172. The quantitative estimate of drug-likeness (QED) is 0.535. The van der Waals surface area contributed by atoms with E-state index in [-0.39, 0.29) is 11.3 Å². The van der Waals surface area contributed by atoms with Gasteiger partial charge in [0.2, 0.25) is 11.0 Å². The van der Waals surface area contributed by atoms with Crippen molar-refractivity contribution >= 4 is 34.1 Å². The van der Waals surface area contributed by atoms with Gasteiger partial charge in [-0.15, -0.1) is 10.2 Å². The number of carbonyl (C=O) groups is 1. The van der Waals surface area contributed by atoms with Gasteiger partial charge in [-0.2, -0.15) is 0 Å². The van der Waals surface area contributed by atoms with Crippen LogP contribution in [-0.2, 0) is 16.6 Å². The number of nitrogens with zero attached hydrogens (tertiary/aromatic N) is 2. The molecule has 0 radical (unpaired) electrons. The predicted molar refractivity (Wildman–Crippen MR) is 108 cm³/mol. The standard InChI is InChI=1S/C19H27N3OS2/c1-13(2)12-24-18-22-21-17(25-18)20-16(23)11-8-14-6-9-15(10-7-14)19(3,4)5/h6-7,9-10,13H,8,11-12H2,1-5H3,(H,20,21,23). The van der Waals surface area contributed by atoms with E-state index < -0.39 is 0 Å². The number of carbonyl (C=O) groups excluding carboxylic acids is 1. The van der Waals surface area contributed by atoms with E-state index in [0.717, 1.165) is 16.5 Å². The number of thioether (sulfide) groups is 1. The van der Waals surface area contributed by atoms with Crippen LogP contribution in [0.25, 0.3) is 0 Å². The summed E-state index contributed by atoms with van der Waals surface area (Å²) < 4.78 is 0.904. The maximum Gasteiger partial charge on any atom is 0.226 e. The summed E-state index contributed by atoms with van der Waals surface area (Å²) in [4.78, 5) is 12.1. The van der Waals surface area contributed by atoms with Gasteiger partial charge in [-0.05, 0) is 28.9 Å². The lowest BCUT2D eigenvalue weighted by Crippen LogP contribution is -2.13. The molecule has 6 heteroatoms. The lowest BCUT2D eigenvalue weighted by molar-refractivity contribution is -0.116. The molecular weight excluding hydrogens is 350 g/mol. The Morgan fingerprint density at radius 3 is 2.48 bits per heavy atom. The molecule has 1 aromatic heterocycles. The van der Waals surface area contributed by atoms with Gasteiger partial charge in [0.05, 0.1) is 0 Å². The van der Waals surface area contributed by atoms with Crippen molar-refractivity contribution in [1.82, 2.24) is 10.2 Å². The number of rotatable bonds is 7. The van der Waals surface area contributed by atoms with Crippen LogP contribution in [0, 0.1) is 5.92 Å². The summed E-state index contributed by atoms with van der Waals surface area (Å²) in [6, 6.07) is 8.52. The highest BCUT2D eigenvalue weighted by atomic mass is 32.2. The topological polar surface area (TPSA) is 54.9 Å². The molecule has 0 saturated heterocycles. The molecule has 0 bridgehead atoms. The van der Waals surface area contributed by atoms with Gasteiger partial charge in [0, 0.05) is 12.2 Å². The molecule has 1 aromatic carbocycles. The lowest BCUT2D eigenvalue weighted by atomic mass is 9.86. The highest BCUT2D eigenvalue weighted by Gasteiger charge is 2.13. The molecule has 0 aliphatic rings. The third-order valence-electron chi connectivity index (χ3n) is 3.65. The van der Waals surface area contributed by atoms with Crippen molar-refractivity contribution in [2.45, 2.75) is 57.2 Å². The molecule has 2 rings (SSSR count). The van der Waals surface area contributed by atoms with Crippen LogP contribution < -0.4 is 5.32 Å². The minimum Gasteiger partial charge on any atom is -0.300 e. The molecule has 0 atom stereocenters. The fourth-order valence-electron chi connectivity index (χ4n) is 2.17. The molecule has 136 valence electrons. The normalized spacial score (nSPS) is 11.8. The Kier molecular flexibility index (Phi) is 7.02.